The summed E-state index contributed by atoms with van der Waals surface area (Å²) >= 11 is 0. The first-order valence-corrected chi connectivity index (χ1v) is 18.8. The molecule has 4 aliphatic heterocycles. The Hall–Kier alpha value is -2.84. The van der Waals surface area contributed by atoms with Crippen LogP contribution in [0, 0.1) is 5.92 Å². The molecule has 1 spiro atoms. The number of aliphatic hydroxyl groups is 1. The summed E-state index contributed by atoms with van der Waals surface area (Å²) < 4.78 is 11.6. The van der Waals surface area contributed by atoms with Crippen molar-refractivity contribution < 1.29 is 38.6 Å². The number of ether oxygens (including phenoxy) is 2. The van der Waals surface area contributed by atoms with Gasteiger partial charge in [-0.3, -0.25) is 19.2 Å². The molecule has 3 fully saturated rings. The third-order valence-electron chi connectivity index (χ3n) is 9.89. The molecule has 12 nitrogen and oxygen atoms in total. The van der Waals surface area contributed by atoms with E-state index in [1.165, 1.54) is 7.11 Å². The number of carbonyl (C=O) groups is 4. The summed E-state index contributed by atoms with van der Waals surface area (Å²) in [5.74, 6) is -1.23. The maximum absolute atomic E-state index is 14.6. The molecule has 242 valence electrons. The lowest BCUT2D eigenvalue weighted by atomic mass is 9.82. The largest absolute Gasteiger partial charge is 0.469 e. The fourth-order valence-electron chi connectivity index (χ4n) is 7.82. The van der Waals surface area contributed by atoms with Gasteiger partial charge in [-0.15, -0.1) is 0 Å². The van der Waals surface area contributed by atoms with Crippen molar-refractivity contribution in [1.82, 2.24) is 10.2 Å². The van der Waals surface area contributed by atoms with E-state index in [9.17, 15) is 29.1 Å². The molecule has 44 heavy (non-hydrogen) atoms. The number of unbranched alkanes of at least 4 members (excludes halogenated alkanes) is 1. The number of nitrogens with zero attached hydrogens (tertiary/aromatic N) is 3. The smallest absolute Gasteiger partial charge is 0.305 e. The van der Waals surface area contributed by atoms with Gasteiger partial charge in [0.2, 0.25) is 11.8 Å². The molecular formula is C31H46N4O8Si. The molecule has 5 rings (SSSR count). The Morgan fingerprint density at radius 3 is 2.66 bits per heavy atom. The van der Waals surface area contributed by atoms with Crippen LogP contribution in [0.1, 0.15) is 51.0 Å². The van der Waals surface area contributed by atoms with Crippen LogP contribution < -0.4 is 15.1 Å². The molecular weight excluding hydrogens is 584 g/mol. The summed E-state index contributed by atoms with van der Waals surface area (Å²) in [6.45, 7) is 7.74. The number of fused-ring (bicyclic) bond motifs is 2. The molecule has 0 aliphatic carbocycles. The Labute approximate surface area is 259 Å². The Morgan fingerprint density at radius 1 is 1.20 bits per heavy atom. The highest BCUT2D eigenvalue weighted by molar-refractivity contribution is 6.71. The van der Waals surface area contributed by atoms with Gasteiger partial charge in [0.25, 0.3) is 5.91 Å². The molecule has 0 radical (unpaired) electrons. The van der Waals surface area contributed by atoms with Crippen molar-refractivity contribution in [3.63, 3.8) is 0 Å². The Morgan fingerprint density at radius 2 is 1.98 bits per heavy atom. The Kier molecular flexibility index (Phi) is 9.52. The van der Waals surface area contributed by atoms with Crippen molar-refractivity contribution in [1.29, 1.82) is 0 Å². The molecule has 4 aliphatic rings. The standard InChI is InChI=1S/C31H46N4O8Si/c1-20-29(44(3,4)41)25(17-26(37)33-14-7-8-22(33)19-36)43-31(20)23-16-21(34-15-12-32-18-27(34)38)10-11-24(23)35(30(31)40)13-6-5-9-28(39)42-2/h10-11,16,20,22,25,29,32,36,41H,5-9,12-15,17-19H2,1-4H3/t20-,22+,25+,29-,31+/m1/s1. The lowest BCUT2D eigenvalue weighted by Gasteiger charge is -2.33. The molecule has 0 bridgehead atoms. The number of amides is 3. The summed E-state index contributed by atoms with van der Waals surface area (Å²) in [5, 5.41) is 12.9. The summed E-state index contributed by atoms with van der Waals surface area (Å²) in [6, 6.07) is 5.34. The number of nitrogens with one attached hydrogen (secondary N) is 1. The van der Waals surface area contributed by atoms with E-state index < -0.39 is 31.5 Å². The number of piperazine rings is 1. The van der Waals surface area contributed by atoms with Gasteiger partial charge in [0, 0.05) is 55.3 Å². The zero-order valence-corrected chi connectivity index (χ0v) is 27.2. The third kappa shape index (κ3) is 5.80. The average molecular weight is 631 g/mol. The third-order valence-corrected chi connectivity index (χ3v) is 12.4. The molecule has 3 amide bonds. The second-order valence-electron chi connectivity index (χ2n) is 13.0. The second-order valence-corrected chi connectivity index (χ2v) is 17.0. The molecule has 1 aromatic carbocycles. The molecule has 0 aromatic heterocycles. The van der Waals surface area contributed by atoms with Gasteiger partial charge in [0.05, 0.1) is 44.5 Å². The molecule has 1 aromatic rings. The molecule has 4 heterocycles. The number of likely N-dealkylation sites (tertiary alicyclic amines) is 1. The van der Waals surface area contributed by atoms with E-state index in [0.29, 0.717) is 56.0 Å². The number of benzene rings is 1. The van der Waals surface area contributed by atoms with Gasteiger partial charge in [-0.25, -0.2) is 0 Å². The number of methoxy groups -OCH3 is 1. The number of carbonyl (C=O) groups excluding carboxylic acids is 4. The van der Waals surface area contributed by atoms with E-state index in [2.05, 4.69) is 5.32 Å². The molecule has 0 saturated carbocycles. The molecule has 3 saturated heterocycles. The van der Waals surface area contributed by atoms with E-state index >= 15 is 0 Å². The quantitative estimate of drug-likeness (QED) is 0.199. The van der Waals surface area contributed by atoms with Crippen molar-refractivity contribution in [2.75, 3.05) is 56.2 Å². The van der Waals surface area contributed by atoms with Crippen molar-refractivity contribution in [2.24, 2.45) is 5.92 Å². The normalized spacial score (nSPS) is 28.7. The zero-order valence-electron chi connectivity index (χ0n) is 26.2. The van der Waals surface area contributed by atoms with E-state index in [1.807, 2.05) is 38.2 Å². The highest BCUT2D eigenvalue weighted by Gasteiger charge is 2.66. The monoisotopic (exact) mass is 630 g/mol. The summed E-state index contributed by atoms with van der Waals surface area (Å²) in [5.41, 5.74) is 0.107. The van der Waals surface area contributed by atoms with Gasteiger partial charge < -0.3 is 39.4 Å². The number of hydrogen-bond acceptors (Lipinski definition) is 9. The van der Waals surface area contributed by atoms with Gasteiger partial charge in [0.1, 0.15) is 0 Å². The van der Waals surface area contributed by atoms with E-state index in [1.54, 1.807) is 14.7 Å². The van der Waals surface area contributed by atoms with Gasteiger partial charge in [-0.1, -0.05) is 6.92 Å². The zero-order chi connectivity index (χ0) is 31.8. The molecule has 5 atom stereocenters. The minimum atomic E-state index is -2.99. The van der Waals surface area contributed by atoms with Gasteiger partial charge in [-0.2, -0.15) is 0 Å². The van der Waals surface area contributed by atoms with Gasteiger partial charge in [0.15, 0.2) is 13.9 Å². The lowest BCUT2D eigenvalue weighted by molar-refractivity contribution is -0.150. The van der Waals surface area contributed by atoms with Crippen LogP contribution in [0.2, 0.25) is 18.6 Å². The SMILES string of the molecule is COC(=O)CCCCN1C(=O)[C@@]2(O[C@@H](CC(=O)N3CCC[C@H]3CO)[C@H]([Si](C)(C)O)[C@H]2C)c2cc(N3CCNCC3=O)ccc21. The van der Waals surface area contributed by atoms with Crippen LogP contribution in [0.25, 0.3) is 0 Å². The molecule has 0 unspecified atom stereocenters. The van der Waals surface area contributed by atoms with Crippen molar-refractivity contribution in [2.45, 2.75) is 81.8 Å². The first-order valence-electron chi connectivity index (χ1n) is 15.8. The van der Waals surface area contributed by atoms with Crippen LogP contribution in [0.15, 0.2) is 18.2 Å². The molecule has 13 heteroatoms. The fourth-order valence-corrected chi connectivity index (χ4v) is 10.4. The minimum absolute atomic E-state index is 0.00194. The van der Waals surface area contributed by atoms with Crippen LogP contribution in [0.3, 0.4) is 0 Å². The number of hydrogen-bond donors (Lipinski definition) is 3. The number of rotatable bonds is 10. The molecule has 3 N–H and O–H groups in total. The highest BCUT2D eigenvalue weighted by Crippen LogP contribution is 2.60. The van der Waals surface area contributed by atoms with Gasteiger partial charge in [-0.05, 0) is 57.0 Å². The minimum Gasteiger partial charge on any atom is -0.469 e. The fraction of sp³-hybridized carbons (Fsp3) is 0.677. The van der Waals surface area contributed by atoms with Crippen molar-refractivity contribution >= 4 is 43.4 Å². The highest BCUT2D eigenvalue weighted by atomic mass is 28.4. The predicted molar refractivity (Wildman–Crippen MR) is 165 cm³/mol. The van der Waals surface area contributed by atoms with Crippen LogP contribution in [0.5, 0.6) is 0 Å². The van der Waals surface area contributed by atoms with Crippen LogP contribution in [0.4, 0.5) is 11.4 Å². The van der Waals surface area contributed by atoms with E-state index in [4.69, 9.17) is 9.47 Å². The summed E-state index contributed by atoms with van der Waals surface area (Å²) in [6.07, 6.45) is 2.20. The summed E-state index contributed by atoms with van der Waals surface area (Å²) in [4.78, 5) is 69.4. The number of anilines is 2. The maximum Gasteiger partial charge on any atom is 0.305 e. The Bertz CT molecular complexity index is 1290. The van der Waals surface area contributed by atoms with Crippen molar-refractivity contribution in [3.05, 3.63) is 23.8 Å². The first kappa shape index (κ1) is 32.5. The number of aliphatic hydroxyl groups excluding tert-OH is 1. The van der Waals surface area contributed by atoms with E-state index in [-0.39, 0.29) is 55.7 Å². The Balaban J connectivity index is 1.52. The maximum atomic E-state index is 14.6. The number of esters is 1. The second kappa shape index (κ2) is 12.9. The summed E-state index contributed by atoms with van der Waals surface area (Å²) in [7, 11) is -1.64. The van der Waals surface area contributed by atoms with E-state index in [0.717, 1.165) is 12.8 Å². The van der Waals surface area contributed by atoms with Crippen LogP contribution >= 0.6 is 0 Å². The average Bonchev–Trinajstić information content (AvgIpc) is 3.65. The van der Waals surface area contributed by atoms with Crippen LogP contribution in [-0.2, 0) is 34.3 Å². The predicted octanol–water partition coefficient (Wildman–Crippen LogP) is 1.48. The lowest BCUT2D eigenvalue weighted by Crippen LogP contribution is -2.48. The topological polar surface area (TPSA) is 149 Å². The van der Waals surface area contributed by atoms with Crippen LogP contribution in [-0.4, -0.2) is 105 Å². The van der Waals surface area contributed by atoms with Crippen molar-refractivity contribution in [3.8, 4) is 0 Å². The van der Waals surface area contributed by atoms with Gasteiger partial charge >= 0.3 is 5.97 Å². The first-order chi connectivity index (χ1) is 20.9.